The Morgan fingerprint density at radius 3 is 2.68 bits per heavy atom. The van der Waals surface area contributed by atoms with Crippen molar-refractivity contribution >= 4 is 39.9 Å². The molecule has 0 fully saturated rings. The van der Waals surface area contributed by atoms with Gasteiger partial charge in [0, 0.05) is 16.6 Å². The second-order valence-corrected chi connectivity index (χ2v) is 8.36. The molecule has 0 aromatic carbocycles. The maximum Gasteiger partial charge on any atom is 0.252 e. The molecule has 0 aliphatic carbocycles. The normalized spacial score (nSPS) is 11.6. The van der Waals surface area contributed by atoms with E-state index in [0.29, 0.717) is 12.1 Å². The van der Waals surface area contributed by atoms with Gasteiger partial charge < -0.3 is 5.32 Å². The van der Waals surface area contributed by atoms with Crippen LogP contribution in [0.5, 0.6) is 0 Å². The van der Waals surface area contributed by atoms with Crippen LogP contribution in [0.15, 0.2) is 24.4 Å². The van der Waals surface area contributed by atoms with Crippen molar-refractivity contribution < 1.29 is 4.79 Å². The number of carbonyl (C=O) groups excluding carboxylic acids is 1. The first-order valence-corrected chi connectivity index (χ1v) is 9.46. The van der Waals surface area contributed by atoms with Crippen molar-refractivity contribution in [1.82, 2.24) is 20.1 Å². The summed E-state index contributed by atoms with van der Waals surface area (Å²) in [4.78, 5) is 18.5. The first-order valence-electron chi connectivity index (χ1n) is 8.27. The molecule has 0 unspecified atom stereocenters. The summed E-state index contributed by atoms with van der Waals surface area (Å²) in [5.74, 6) is 0.102. The average Bonchev–Trinajstić information content (AvgIpc) is 3.17. The van der Waals surface area contributed by atoms with E-state index in [1.54, 1.807) is 6.20 Å². The van der Waals surface area contributed by atoms with Gasteiger partial charge in [0.2, 0.25) is 0 Å². The molecule has 3 heterocycles. The van der Waals surface area contributed by atoms with Crippen LogP contribution in [0.25, 0.3) is 11.0 Å². The molecule has 0 aliphatic rings. The molecule has 0 radical (unpaired) electrons. The van der Waals surface area contributed by atoms with Crippen LogP contribution in [-0.2, 0) is 6.54 Å². The molecule has 5 nitrogen and oxygen atoms in total. The Balaban J connectivity index is 1.97. The molecule has 1 N–H and O–H groups in total. The van der Waals surface area contributed by atoms with Crippen molar-refractivity contribution in [2.45, 2.75) is 46.2 Å². The zero-order valence-corrected chi connectivity index (χ0v) is 16.3. The van der Waals surface area contributed by atoms with Crippen LogP contribution in [-0.4, -0.2) is 20.7 Å². The number of hydrogen-bond acceptors (Lipinski definition) is 4. The highest BCUT2D eigenvalue weighted by Crippen LogP contribution is 2.25. The van der Waals surface area contributed by atoms with E-state index in [9.17, 15) is 4.79 Å². The van der Waals surface area contributed by atoms with Gasteiger partial charge in [0.15, 0.2) is 5.65 Å². The van der Waals surface area contributed by atoms with Gasteiger partial charge in [-0.3, -0.25) is 4.79 Å². The number of hydrogen-bond donors (Lipinski definition) is 1. The van der Waals surface area contributed by atoms with Crippen LogP contribution >= 0.6 is 22.9 Å². The molecule has 0 aliphatic heterocycles. The summed E-state index contributed by atoms with van der Waals surface area (Å²) >= 11 is 7.41. The highest BCUT2D eigenvalue weighted by atomic mass is 35.5. The summed E-state index contributed by atoms with van der Waals surface area (Å²) in [7, 11) is 0. The maximum absolute atomic E-state index is 12.8. The third-order valence-corrected chi connectivity index (χ3v) is 5.20. The molecule has 7 heteroatoms. The Hall–Kier alpha value is -1.92. The molecule has 0 saturated heterocycles. The van der Waals surface area contributed by atoms with E-state index in [-0.39, 0.29) is 17.9 Å². The van der Waals surface area contributed by atoms with Crippen molar-refractivity contribution in [2.75, 3.05) is 0 Å². The maximum atomic E-state index is 12.8. The molecule has 1 amide bonds. The molecule has 0 bridgehead atoms. The first-order chi connectivity index (χ1) is 11.9. The van der Waals surface area contributed by atoms with E-state index in [2.05, 4.69) is 38.1 Å². The number of rotatable bonds is 5. The minimum atomic E-state index is -0.123. The summed E-state index contributed by atoms with van der Waals surface area (Å²) in [6.45, 7) is 8.70. The van der Waals surface area contributed by atoms with Crippen LogP contribution in [0.3, 0.4) is 0 Å². The number of fused-ring (bicyclic) bond motifs is 1. The number of pyridine rings is 1. The van der Waals surface area contributed by atoms with E-state index in [1.807, 2.05) is 22.9 Å². The van der Waals surface area contributed by atoms with Crippen LogP contribution in [0.1, 0.15) is 60.6 Å². The summed E-state index contributed by atoms with van der Waals surface area (Å²) in [6, 6.07) is 5.81. The minimum Gasteiger partial charge on any atom is -0.347 e. The Labute approximate surface area is 156 Å². The van der Waals surface area contributed by atoms with Crippen molar-refractivity contribution in [3.63, 3.8) is 0 Å². The molecule has 3 aromatic heterocycles. The second kappa shape index (κ2) is 7.14. The number of halogens is 1. The molecule has 0 spiro atoms. The lowest BCUT2D eigenvalue weighted by molar-refractivity contribution is 0.0953. The summed E-state index contributed by atoms with van der Waals surface area (Å²) in [6.07, 6.45) is 1.73. The van der Waals surface area contributed by atoms with Crippen LogP contribution in [0, 0.1) is 0 Å². The Kier molecular flexibility index (Phi) is 5.11. The molecular formula is C18H21ClN4OS. The van der Waals surface area contributed by atoms with Gasteiger partial charge in [0.1, 0.15) is 0 Å². The van der Waals surface area contributed by atoms with Crippen molar-refractivity contribution in [3.05, 3.63) is 44.9 Å². The molecule has 0 atom stereocenters. The number of amides is 1. The van der Waals surface area contributed by atoms with Gasteiger partial charge in [-0.25, -0.2) is 9.67 Å². The zero-order valence-electron chi connectivity index (χ0n) is 14.7. The highest BCUT2D eigenvalue weighted by molar-refractivity contribution is 7.16. The number of carbonyl (C=O) groups is 1. The number of nitrogens with one attached hydrogen (secondary N) is 1. The fraction of sp³-hybridized carbons (Fsp3) is 0.389. The lowest BCUT2D eigenvalue weighted by Gasteiger charge is -2.12. The fourth-order valence-electron chi connectivity index (χ4n) is 2.61. The smallest absolute Gasteiger partial charge is 0.252 e. The molecular weight excluding hydrogens is 356 g/mol. The largest absolute Gasteiger partial charge is 0.347 e. The van der Waals surface area contributed by atoms with Gasteiger partial charge in [-0.2, -0.15) is 5.10 Å². The molecule has 25 heavy (non-hydrogen) atoms. The summed E-state index contributed by atoms with van der Waals surface area (Å²) in [5.41, 5.74) is 2.26. The first kappa shape index (κ1) is 17.9. The third kappa shape index (κ3) is 3.70. The van der Waals surface area contributed by atoms with Gasteiger partial charge >= 0.3 is 0 Å². The topological polar surface area (TPSA) is 59.8 Å². The van der Waals surface area contributed by atoms with E-state index in [1.165, 1.54) is 11.3 Å². The standard InChI is InChI=1S/C18H21ClN4OS/c1-10(2)15-7-13(14-9-21-23(11(3)4)17(14)22-15)18(24)20-8-12-5-6-16(19)25-12/h5-7,9-11H,8H2,1-4H3,(H,20,24). The van der Waals surface area contributed by atoms with Gasteiger partial charge in [0.25, 0.3) is 5.91 Å². The second-order valence-electron chi connectivity index (χ2n) is 6.56. The van der Waals surface area contributed by atoms with Gasteiger partial charge in [-0.1, -0.05) is 25.4 Å². The number of nitrogens with zero attached hydrogens (tertiary/aromatic N) is 3. The quantitative estimate of drug-likeness (QED) is 0.697. The molecule has 132 valence electrons. The monoisotopic (exact) mass is 376 g/mol. The highest BCUT2D eigenvalue weighted by Gasteiger charge is 2.18. The van der Waals surface area contributed by atoms with Gasteiger partial charge in [-0.05, 0) is 38.0 Å². The lowest BCUT2D eigenvalue weighted by Crippen LogP contribution is -2.23. The Morgan fingerprint density at radius 2 is 2.08 bits per heavy atom. The van der Waals surface area contributed by atoms with E-state index in [4.69, 9.17) is 16.6 Å². The van der Waals surface area contributed by atoms with E-state index in [0.717, 1.165) is 25.9 Å². The van der Waals surface area contributed by atoms with Gasteiger partial charge in [0.05, 0.1) is 28.0 Å². The Morgan fingerprint density at radius 1 is 1.32 bits per heavy atom. The molecule has 0 saturated carbocycles. The number of aromatic nitrogens is 3. The lowest BCUT2D eigenvalue weighted by atomic mass is 10.0. The summed E-state index contributed by atoms with van der Waals surface area (Å²) < 4.78 is 2.58. The zero-order chi connectivity index (χ0) is 18.1. The fourth-order valence-corrected chi connectivity index (χ4v) is 3.64. The number of thiophene rings is 1. The predicted molar refractivity (Wildman–Crippen MR) is 103 cm³/mol. The van der Waals surface area contributed by atoms with Crippen molar-refractivity contribution in [3.8, 4) is 0 Å². The van der Waals surface area contributed by atoms with Gasteiger partial charge in [-0.15, -0.1) is 11.3 Å². The third-order valence-electron chi connectivity index (χ3n) is 3.96. The van der Waals surface area contributed by atoms with Crippen molar-refractivity contribution in [2.24, 2.45) is 0 Å². The predicted octanol–water partition coefficient (Wildman–Crippen LogP) is 4.78. The molecule has 3 rings (SSSR count). The van der Waals surface area contributed by atoms with Crippen LogP contribution < -0.4 is 5.32 Å². The summed E-state index contributed by atoms with van der Waals surface area (Å²) in [5, 5.41) is 8.17. The molecule has 3 aromatic rings. The van der Waals surface area contributed by atoms with Crippen molar-refractivity contribution in [1.29, 1.82) is 0 Å². The van der Waals surface area contributed by atoms with Crippen LogP contribution in [0.4, 0.5) is 0 Å². The van der Waals surface area contributed by atoms with Crippen LogP contribution in [0.2, 0.25) is 4.34 Å². The minimum absolute atomic E-state index is 0.123. The van der Waals surface area contributed by atoms with E-state index >= 15 is 0 Å². The van der Waals surface area contributed by atoms with E-state index < -0.39 is 0 Å². The Bertz CT molecular complexity index is 913. The SMILES string of the molecule is CC(C)c1cc(C(=O)NCc2ccc(Cl)s2)c2cnn(C(C)C)c2n1. The average molecular weight is 377 g/mol.